The molecule has 20 heavy (non-hydrogen) atoms. The zero-order valence-electron chi connectivity index (χ0n) is 11.2. The number of carboxylic acids is 1. The Balaban J connectivity index is 1.90. The highest BCUT2D eigenvalue weighted by Crippen LogP contribution is 2.54. The number of thioether (sulfide) groups is 1. The van der Waals surface area contributed by atoms with E-state index in [2.05, 4.69) is 0 Å². The van der Waals surface area contributed by atoms with E-state index in [0.29, 0.717) is 10.5 Å². The van der Waals surface area contributed by atoms with Crippen LogP contribution in [0.5, 0.6) is 5.75 Å². The third kappa shape index (κ3) is 2.18. The van der Waals surface area contributed by atoms with Crippen LogP contribution in [0, 0.1) is 5.82 Å². The average Bonchev–Trinajstić information content (AvgIpc) is 3.02. The highest BCUT2D eigenvalue weighted by Gasteiger charge is 2.52. The van der Waals surface area contributed by atoms with Crippen molar-refractivity contribution in [3.8, 4) is 5.75 Å². The first-order valence-corrected chi connectivity index (χ1v) is 7.84. The topological polar surface area (TPSA) is 49.4 Å². The fourth-order valence-electron chi connectivity index (χ4n) is 3.24. The van der Waals surface area contributed by atoms with Crippen LogP contribution in [0.1, 0.15) is 43.0 Å². The minimum atomic E-state index is -1.32. The number of aromatic carboxylic acids is 1. The summed E-state index contributed by atoms with van der Waals surface area (Å²) in [6.07, 6.45) is 4.00. The van der Waals surface area contributed by atoms with E-state index in [9.17, 15) is 14.3 Å². The van der Waals surface area contributed by atoms with Crippen molar-refractivity contribution in [2.24, 2.45) is 0 Å². The summed E-state index contributed by atoms with van der Waals surface area (Å²) in [5.41, 5.74) is -0.414. The molecule has 2 saturated heterocycles. The highest BCUT2D eigenvalue weighted by atomic mass is 32.2. The normalized spacial score (nSPS) is 31.5. The second-order valence-electron chi connectivity index (χ2n) is 5.48. The average molecular weight is 295 g/mol. The summed E-state index contributed by atoms with van der Waals surface area (Å²) < 4.78 is 19.9. The van der Waals surface area contributed by atoms with Gasteiger partial charge in [-0.3, -0.25) is 0 Å². The molecule has 108 valence electrons. The molecule has 0 radical (unpaired) electrons. The Bertz CT molecular complexity index is 548. The van der Waals surface area contributed by atoms with Crippen LogP contribution in [0.25, 0.3) is 0 Å². The molecule has 2 bridgehead atoms. The molecule has 3 unspecified atom stereocenters. The summed E-state index contributed by atoms with van der Waals surface area (Å²) in [5.74, 6) is -1.81. The van der Waals surface area contributed by atoms with Gasteiger partial charge in [0, 0.05) is 22.5 Å². The SMILES string of the molecule is CCC1(Oc2cc(C(=O)[O-])ccc2F)CC2CCC1S2. The molecule has 2 heterocycles. The van der Waals surface area contributed by atoms with Gasteiger partial charge in [-0.1, -0.05) is 6.92 Å². The maximum Gasteiger partial charge on any atom is 0.165 e. The van der Waals surface area contributed by atoms with E-state index >= 15 is 0 Å². The van der Waals surface area contributed by atoms with Gasteiger partial charge >= 0.3 is 0 Å². The molecule has 1 aromatic carbocycles. The van der Waals surface area contributed by atoms with Crippen LogP contribution < -0.4 is 9.84 Å². The lowest BCUT2D eigenvalue weighted by molar-refractivity contribution is -0.255. The van der Waals surface area contributed by atoms with E-state index < -0.39 is 11.8 Å². The van der Waals surface area contributed by atoms with Crippen molar-refractivity contribution in [3.05, 3.63) is 29.6 Å². The summed E-state index contributed by atoms with van der Waals surface area (Å²) in [4.78, 5) is 10.9. The molecule has 2 aliphatic heterocycles. The number of benzene rings is 1. The number of carbonyl (C=O) groups excluding carboxylic acids is 1. The number of carboxylic acid groups (broad SMARTS) is 1. The summed E-state index contributed by atoms with van der Waals surface area (Å²) in [5, 5.41) is 11.9. The highest BCUT2D eigenvalue weighted by molar-refractivity contribution is 8.01. The van der Waals surface area contributed by atoms with Crippen molar-refractivity contribution >= 4 is 17.7 Å². The molecule has 0 aromatic heterocycles. The molecule has 2 fully saturated rings. The zero-order chi connectivity index (χ0) is 14.3. The molecule has 5 heteroatoms. The minimum Gasteiger partial charge on any atom is -0.545 e. The number of hydrogen-bond acceptors (Lipinski definition) is 4. The fourth-order valence-corrected chi connectivity index (χ4v) is 5.19. The van der Waals surface area contributed by atoms with E-state index in [1.54, 1.807) is 0 Å². The Morgan fingerprint density at radius 1 is 1.55 bits per heavy atom. The maximum atomic E-state index is 13.9. The molecule has 0 N–H and O–H groups in total. The smallest absolute Gasteiger partial charge is 0.165 e. The summed E-state index contributed by atoms with van der Waals surface area (Å²) in [6, 6.07) is 3.56. The largest absolute Gasteiger partial charge is 0.545 e. The van der Waals surface area contributed by atoms with Gasteiger partial charge in [-0.2, -0.15) is 11.8 Å². The second-order valence-corrected chi connectivity index (χ2v) is 6.99. The van der Waals surface area contributed by atoms with E-state index in [1.165, 1.54) is 18.6 Å². The van der Waals surface area contributed by atoms with E-state index in [1.807, 2.05) is 18.7 Å². The molecule has 3 nitrogen and oxygen atoms in total. The molecule has 1 aromatic rings. The summed E-state index contributed by atoms with van der Waals surface area (Å²) in [6.45, 7) is 2.04. The van der Waals surface area contributed by atoms with Crippen LogP contribution in [0.2, 0.25) is 0 Å². The van der Waals surface area contributed by atoms with Gasteiger partial charge in [-0.05, 0) is 37.5 Å². The summed E-state index contributed by atoms with van der Waals surface area (Å²) >= 11 is 1.92. The van der Waals surface area contributed by atoms with Gasteiger partial charge in [0.15, 0.2) is 11.6 Å². The predicted octanol–water partition coefficient (Wildman–Crippen LogP) is 2.38. The van der Waals surface area contributed by atoms with Crippen molar-refractivity contribution in [1.82, 2.24) is 0 Å². The maximum absolute atomic E-state index is 13.9. The number of halogens is 1. The second kappa shape index (κ2) is 4.95. The van der Waals surface area contributed by atoms with Crippen LogP contribution >= 0.6 is 11.8 Å². The van der Waals surface area contributed by atoms with Crippen molar-refractivity contribution in [1.29, 1.82) is 0 Å². The van der Waals surface area contributed by atoms with Crippen molar-refractivity contribution in [3.63, 3.8) is 0 Å². The van der Waals surface area contributed by atoms with E-state index in [-0.39, 0.29) is 16.9 Å². The van der Waals surface area contributed by atoms with Gasteiger partial charge in [0.05, 0.1) is 5.97 Å². The van der Waals surface area contributed by atoms with Gasteiger partial charge in [0.25, 0.3) is 0 Å². The third-order valence-electron chi connectivity index (χ3n) is 4.35. The molecular weight excluding hydrogens is 279 g/mol. The lowest BCUT2D eigenvalue weighted by Crippen LogP contribution is -2.44. The Labute approximate surface area is 121 Å². The Morgan fingerprint density at radius 2 is 2.35 bits per heavy atom. The number of hydrogen-bond donors (Lipinski definition) is 0. The van der Waals surface area contributed by atoms with Crippen LogP contribution in [-0.2, 0) is 0 Å². The lowest BCUT2D eigenvalue weighted by atomic mass is 9.82. The van der Waals surface area contributed by atoms with Gasteiger partial charge in [0.2, 0.25) is 0 Å². The quantitative estimate of drug-likeness (QED) is 0.856. The third-order valence-corrected chi connectivity index (χ3v) is 6.13. The molecule has 0 saturated carbocycles. The zero-order valence-corrected chi connectivity index (χ0v) is 12.0. The monoisotopic (exact) mass is 295 g/mol. The standard InChI is InChI=1S/C15H17FO3S/c1-2-15(8-10-4-6-13(15)20-10)19-12-7-9(14(17)18)3-5-11(12)16/h3,5,7,10,13H,2,4,6,8H2,1H3,(H,17,18)/p-1. The molecule has 2 aliphatic rings. The van der Waals surface area contributed by atoms with Crippen molar-refractivity contribution in [2.75, 3.05) is 0 Å². The van der Waals surface area contributed by atoms with Gasteiger partial charge in [0.1, 0.15) is 5.60 Å². The van der Waals surface area contributed by atoms with Crippen LogP contribution in [0.3, 0.4) is 0 Å². The fraction of sp³-hybridized carbons (Fsp3) is 0.533. The lowest BCUT2D eigenvalue weighted by Gasteiger charge is -2.36. The summed E-state index contributed by atoms with van der Waals surface area (Å²) in [7, 11) is 0. The van der Waals surface area contributed by atoms with Crippen molar-refractivity contribution in [2.45, 2.75) is 48.7 Å². The molecule has 0 aliphatic carbocycles. The Kier molecular flexibility index (Phi) is 3.40. The minimum absolute atomic E-state index is 0.0294. The number of ether oxygens (including phenoxy) is 1. The number of fused-ring (bicyclic) bond motifs is 2. The van der Waals surface area contributed by atoms with Gasteiger partial charge in [-0.15, -0.1) is 0 Å². The Morgan fingerprint density at radius 3 is 2.90 bits per heavy atom. The van der Waals surface area contributed by atoms with Crippen LogP contribution in [0.4, 0.5) is 4.39 Å². The molecular formula is C15H16FO3S-. The van der Waals surface area contributed by atoms with Crippen LogP contribution in [-0.4, -0.2) is 22.1 Å². The van der Waals surface area contributed by atoms with E-state index in [4.69, 9.17) is 4.74 Å². The molecule has 0 spiro atoms. The van der Waals surface area contributed by atoms with E-state index in [0.717, 1.165) is 25.3 Å². The first-order chi connectivity index (χ1) is 9.54. The number of carbonyl (C=O) groups is 1. The predicted molar refractivity (Wildman–Crippen MR) is 73.4 cm³/mol. The first-order valence-electron chi connectivity index (χ1n) is 6.89. The van der Waals surface area contributed by atoms with Gasteiger partial charge < -0.3 is 14.6 Å². The molecule has 3 rings (SSSR count). The van der Waals surface area contributed by atoms with Gasteiger partial charge in [-0.25, -0.2) is 4.39 Å². The first kappa shape index (κ1) is 13.7. The number of rotatable bonds is 4. The molecule has 3 atom stereocenters. The van der Waals surface area contributed by atoms with Crippen molar-refractivity contribution < 1.29 is 19.0 Å². The molecule has 0 amide bonds. The Hall–Kier alpha value is -1.23. The van der Waals surface area contributed by atoms with Crippen LogP contribution in [0.15, 0.2) is 18.2 Å².